The SMILES string of the molecule is COc1ccc2[nH]c3c(c2c1)CCNC31CCN(C(=O)c2ccncc2)CC1. The summed E-state index contributed by atoms with van der Waals surface area (Å²) < 4.78 is 5.42. The summed E-state index contributed by atoms with van der Waals surface area (Å²) in [5, 5.41) is 5.02. The Morgan fingerprint density at radius 1 is 1.18 bits per heavy atom. The molecule has 6 heteroatoms. The van der Waals surface area contributed by atoms with Crippen molar-refractivity contribution in [3.8, 4) is 5.75 Å². The summed E-state index contributed by atoms with van der Waals surface area (Å²) in [6.45, 7) is 2.44. The lowest BCUT2D eigenvalue weighted by Gasteiger charge is -2.44. The van der Waals surface area contributed by atoms with E-state index >= 15 is 0 Å². The molecule has 5 rings (SSSR count). The number of likely N-dealkylation sites (tertiary alicyclic amines) is 1. The predicted octanol–water partition coefficient (Wildman–Crippen LogP) is 2.85. The fourth-order valence-corrected chi connectivity index (χ4v) is 4.73. The first-order chi connectivity index (χ1) is 13.7. The second kappa shape index (κ2) is 6.63. The molecular weight excluding hydrogens is 352 g/mol. The molecule has 2 aliphatic rings. The van der Waals surface area contributed by atoms with Gasteiger partial charge in [0.2, 0.25) is 0 Å². The number of pyridine rings is 1. The van der Waals surface area contributed by atoms with Crippen LogP contribution in [0, 0.1) is 0 Å². The molecule has 6 nitrogen and oxygen atoms in total. The van der Waals surface area contributed by atoms with Crippen LogP contribution in [-0.4, -0.2) is 47.5 Å². The predicted molar refractivity (Wildman–Crippen MR) is 108 cm³/mol. The number of H-pyrrole nitrogens is 1. The smallest absolute Gasteiger partial charge is 0.253 e. The first-order valence-corrected chi connectivity index (χ1v) is 9.84. The van der Waals surface area contributed by atoms with Gasteiger partial charge in [0, 0.05) is 54.2 Å². The highest BCUT2D eigenvalue weighted by Gasteiger charge is 2.42. The molecule has 4 heterocycles. The molecule has 3 aromatic rings. The van der Waals surface area contributed by atoms with E-state index in [4.69, 9.17) is 4.74 Å². The summed E-state index contributed by atoms with van der Waals surface area (Å²) in [6, 6.07) is 9.80. The number of hydrogen-bond donors (Lipinski definition) is 2. The number of rotatable bonds is 2. The van der Waals surface area contributed by atoms with E-state index in [2.05, 4.69) is 27.4 Å². The first kappa shape index (κ1) is 17.3. The van der Waals surface area contributed by atoms with Crippen LogP contribution in [0.4, 0.5) is 0 Å². The van der Waals surface area contributed by atoms with E-state index in [1.54, 1.807) is 31.6 Å². The molecule has 28 heavy (non-hydrogen) atoms. The lowest BCUT2D eigenvalue weighted by atomic mass is 9.79. The third-order valence-electron chi connectivity index (χ3n) is 6.26. The molecule has 0 radical (unpaired) electrons. The highest BCUT2D eigenvalue weighted by molar-refractivity contribution is 5.94. The number of hydrogen-bond acceptors (Lipinski definition) is 4. The monoisotopic (exact) mass is 376 g/mol. The number of nitrogens with zero attached hydrogens (tertiary/aromatic N) is 2. The lowest BCUT2D eigenvalue weighted by Crippen LogP contribution is -2.55. The number of aromatic nitrogens is 2. The molecule has 1 spiro atoms. The zero-order valence-corrected chi connectivity index (χ0v) is 16.0. The summed E-state index contributed by atoms with van der Waals surface area (Å²) in [4.78, 5) is 22.4. The van der Waals surface area contributed by atoms with E-state index < -0.39 is 0 Å². The molecule has 1 aromatic carbocycles. The van der Waals surface area contributed by atoms with Crippen LogP contribution in [0.5, 0.6) is 5.75 Å². The summed E-state index contributed by atoms with van der Waals surface area (Å²) in [7, 11) is 1.71. The molecule has 1 saturated heterocycles. The van der Waals surface area contributed by atoms with Gasteiger partial charge in [0.15, 0.2) is 0 Å². The molecule has 0 atom stereocenters. The van der Waals surface area contributed by atoms with Crippen LogP contribution in [0.1, 0.15) is 34.5 Å². The first-order valence-electron chi connectivity index (χ1n) is 9.84. The van der Waals surface area contributed by atoms with Crippen LogP contribution in [0.25, 0.3) is 10.9 Å². The Morgan fingerprint density at radius 2 is 1.96 bits per heavy atom. The van der Waals surface area contributed by atoms with Gasteiger partial charge >= 0.3 is 0 Å². The summed E-state index contributed by atoms with van der Waals surface area (Å²) >= 11 is 0. The van der Waals surface area contributed by atoms with Crippen LogP contribution in [0.2, 0.25) is 0 Å². The number of ether oxygens (including phenoxy) is 1. The fourth-order valence-electron chi connectivity index (χ4n) is 4.73. The highest BCUT2D eigenvalue weighted by atomic mass is 16.5. The average molecular weight is 376 g/mol. The molecule has 0 aliphatic carbocycles. The van der Waals surface area contributed by atoms with Gasteiger partial charge in [0.25, 0.3) is 5.91 Å². The number of methoxy groups -OCH3 is 1. The van der Waals surface area contributed by atoms with Crippen molar-refractivity contribution >= 4 is 16.8 Å². The van der Waals surface area contributed by atoms with Crippen molar-refractivity contribution in [3.05, 3.63) is 59.5 Å². The molecule has 1 fully saturated rings. The normalized spacial score (nSPS) is 18.2. The quantitative estimate of drug-likeness (QED) is 0.722. The van der Waals surface area contributed by atoms with Crippen LogP contribution < -0.4 is 10.1 Å². The van der Waals surface area contributed by atoms with Gasteiger partial charge in [-0.1, -0.05) is 0 Å². The molecule has 144 valence electrons. The number of benzene rings is 1. The van der Waals surface area contributed by atoms with Crippen LogP contribution in [0.15, 0.2) is 42.7 Å². The summed E-state index contributed by atoms with van der Waals surface area (Å²) in [5.41, 5.74) is 4.46. The van der Waals surface area contributed by atoms with Crippen molar-refractivity contribution in [3.63, 3.8) is 0 Å². The zero-order chi connectivity index (χ0) is 19.1. The van der Waals surface area contributed by atoms with Gasteiger partial charge in [0.1, 0.15) is 5.75 Å². The van der Waals surface area contributed by atoms with Gasteiger partial charge in [-0.3, -0.25) is 9.78 Å². The maximum Gasteiger partial charge on any atom is 0.253 e. The molecule has 2 N–H and O–H groups in total. The van der Waals surface area contributed by atoms with Crippen molar-refractivity contribution in [2.45, 2.75) is 24.8 Å². The van der Waals surface area contributed by atoms with Gasteiger partial charge in [-0.05, 0) is 55.2 Å². The Kier molecular flexibility index (Phi) is 4.09. The molecule has 2 aliphatic heterocycles. The molecule has 2 aromatic heterocycles. The zero-order valence-electron chi connectivity index (χ0n) is 16.0. The maximum atomic E-state index is 12.8. The largest absolute Gasteiger partial charge is 0.497 e. The molecule has 0 saturated carbocycles. The third kappa shape index (κ3) is 2.67. The van der Waals surface area contributed by atoms with Gasteiger partial charge in [-0.15, -0.1) is 0 Å². The number of amides is 1. The number of fused-ring (bicyclic) bond motifs is 4. The topological polar surface area (TPSA) is 70.2 Å². The van der Waals surface area contributed by atoms with Gasteiger partial charge in [-0.2, -0.15) is 0 Å². The highest BCUT2D eigenvalue weighted by Crippen LogP contribution is 2.41. The van der Waals surface area contributed by atoms with Crippen LogP contribution >= 0.6 is 0 Å². The molecular formula is C22H24N4O2. The number of carbonyl (C=O) groups is 1. The Balaban J connectivity index is 1.43. The van der Waals surface area contributed by atoms with Crippen molar-refractivity contribution in [2.75, 3.05) is 26.7 Å². The maximum absolute atomic E-state index is 12.8. The van der Waals surface area contributed by atoms with E-state index in [-0.39, 0.29) is 11.4 Å². The van der Waals surface area contributed by atoms with Gasteiger partial charge in [-0.25, -0.2) is 0 Å². The van der Waals surface area contributed by atoms with E-state index in [1.807, 2.05) is 11.0 Å². The minimum Gasteiger partial charge on any atom is -0.497 e. The average Bonchev–Trinajstić information content (AvgIpc) is 3.14. The number of nitrogens with one attached hydrogen (secondary N) is 2. The molecule has 1 amide bonds. The minimum absolute atomic E-state index is 0.0884. The fraction of sp³-hybridized carbons (Fsp3) is 0.364. The second-order valence-corrected chi connectivity index (χ2v) is 7.68. The van der Waals surface area contributed by atoms with Crippen molar-refractivity contribution in [1.82, 2.24) is 20.2 Å². The third-order valence-corrected chi connectivity index (χ3v) is 6.26. The Labute approximate surface area is 163 Å². The standard InChI is InChI=1S/C22H24N4O2/c1-28-16-2-3-19-18(14-16)17-6-11-24-22(20(17)25-19)7-12-26(13-8-22)21(27)15-4-9-23-10-5-15/h2-5,9-10,14,24-25H,6-8,11-13H2,1H3. The minimum atomic E-state index is -0.0884. The lowest BCUT2D eigenvalue weighted by molar-refractivity contribution is 0.0626. The Hall–Kier alpha value is -2.86. The van der Waals surface area contributed by atoms with Gasteiger partial charge in [0.05, 0.1) is 12.6 Å². The summed E-state index contributed by atoms with van der Waals surface area (Å²) in [5.74, 6) is 0.981. The van der Waals surface area contributed by atoms with E-state index in [0.29, 0.717) is 5.56 Å². The van der Waals surface area contributed by atoms with Crippen molar-refractivity contribution in [2.24, 2.45) is 0 Å². The van der Waals surface area contributed by atoms with Crippen molar-refractivity contribution < 1.29 is 9.53 Å². The second-order valence-electron chi connectivity index (χ2n) is 7.68. The molecule has 0 unspecified atom stereocenters. The number of aromatic amines is 1. The Bertz CT molecular complexity index is 1020. The summed E-state index contributed by atoms with van der Waals surface area (Å²) in [6.07, 6.45) is 6.16. The Morgan fingerprint density at radius 3 is 2.71 bits per heavy atom. The molecule has 0 bridgehead atoms. The van der Waals surface area contributed by atoms with Crippen LogP contribution in [0.3, 0.4) is 0 Å². The van der Waals surface area contributed by atoms with Crippen LogP contribution in [-0.2, 0) is 12.0 Å². The van der Waals surface area contributed by atoms with E-state index in [9.17, 15) is 4.79 Å². The van der Waals surface area contributed by atoms with Crippen molar-refractivity contribution in [1.29, 1.82) is 0 Å². The van der Waals surface area contributed by atoms with Gasteiger partial charge < -0.3 is 19.9 Å². The number of carbonyl (C=O) groups excluding carboxylic acids is 1. The van der Waals surface area contributed by atoms with E-state index in [0.717, 1.165) is 50.2 Å². The van der Waals surface area contributed by atoms with E-state index in [1.165, 1.54) is 16.6 Å². The number of piperidine rings is 1.